The smallest absolute Gasteiger partial charge is 0.128 e. The molecule has 0 heterocycles. The second-order valence-corrected chi connectivity index (χ2v) is 5.31. The molecule has 0 aliphatic heterocycles. The van der Waals surface area contributed by atoms with E-state index in [1.54, 1.807) is 7.11 Å². The Morgan fingerprint density at radius 1 is 1.10 bits per heavy atom. The minimum Gasteiger partial charge on any atom is -0.497 e. The van der Waals surface area contributed by atoms with E-state index in [2.05, 4.69) is 5.32 Å². The van der Waals surface area contributed by atoms with Crippen LogP contribution >= 0.6 is 0 Å². The zero-order valence-corrected chi connectivity index (χ0v) is 11.8. The first-order valence-electron chi connectivity index (χ1n) is 7.05. The second-order valence-electron chi connectivity index (χ2n) is 5.31. The molecule has 21 heavy (non-hydrogen) atoms. The van der Waals surface area contributed by atoms with Crippen LogP contribution in [0.3, 0.4) is 0 Å². The summed E-state index contributed by atoms with van der Waals surface area (Å²) in [6, 6.07) is 9.58. The number of aryl methyl sites for hydroxylation is 1. The minimum atomic E-state index is -0.566. The molecule has 0 fully saturated rings. The summed E-state index contributed by atoms with van der Waals surface area (Å²) in [5.41, 5.74) is 2.88. The first-order valence-corrected chi connectivity index (χ1v) is 7.05. The Hall–Kier alpha value is -2.10. The van der Waals surface area contributed by atoms with Crippen molar-refractivity contribution in [1.82, 2.24) is 0 Å². The summed E-state index contributed by atoms with van der Waals surface area (Å²) < 4.78 is 31.8. The summed E-state index contributed by atoms with van der Waals surface area (Å²) in [5.74, 6) is -0.294. The Morgan fingerprint density at radius 2 is 1.86 bits per heavy atom. The van der Waals surface area contributed by atoms with E-state index in [0.29, 0.717) is 5.69 Å². The number of hydrogen-bond acceptors (Lipinski definition) is 2. The Morgan fingerprint density at radius 3 is 2.57 bits per heavy atom. The van der Waals surface area contributed by atoms with Crippen LogP contribution < -0.4 is 10.1 Å². The van der Waals surface area contributed by atoms with Gasteiger partial charge in [0.15, 0.2) is 0 Å². The van der Waals surface area contributed by atoms with Crippen molar-refractivity contribution in [3.63, 3.8) is 0 Å². The average Bonchev–Trinajstić information content (AvgIpc) is 2.46. The molecule has 0 aromatic heterocycles. The van der Waals surface area contributed by atoms with Crippen molar-refractivity contribution in [2.75, 3.05) is 12.4 Å². The van der Waals surface area contributed by atoms with Gasteiger partial charge in [0.1, 0.15) is 17.4 Å². The molecule has 0 radical (unpaired) electrons. The number of hydrogen-bond donors (Lipinski definition) is 1. The molecule has 1 atom stereocenters. The lowest BCUT2D eigenvalue weighted by Gasteiger charge is -2.27. The summed E-state index contributed by atoms with van der Waals surface area (Å²) >= 11 is 0. The lowest BCUT2D eigenvalue weighted by Crippen LogP contribution is -2.17. The molecule has 0 saturated heterocycles. The first-order chi connectivity index (χ1) is 10.2. The van der Waals surface area contributed by atoms with Gasteiger partial charge in [-0.3, -0.25) is 0 Å². The van der Waals surface area contributed by atoms with Crippen molar-refractivity contribution >= 4 is 5.69 Å². The number of nitrogens with one attached hydrogen (secondary N) is 1. The molecule has 1 aliphatic rings. The van der Waals surface area contributed by atoms with Gasteiger partial charge in [0.05, 0.1) is 13.2 Å². The number of ether oxygens (including phenoxy) is 1. The summed E-state index contributed by atoms with van der Waals surface area (Å²) in [5, 5.41) is 3.24. The fourth-order valence-corrected chi connectivity index (χ4v) is 2.91. The molecule has 1 aliphatic carbocycles. The summed E-state index contributed by atoms with van der Waals surface area (Å²) in [6.07, 6.45) is 2.98. The highest BCUT2D eigenvalue weighted by molar-refractivity contribution is 5.49. The van der Waals surface area contributed by atoms with Crippen molar-refractivity contribution in [2.45, 2.75) is 25.3 Å². The third kappa shape index (κ3) is 2.99. The van der Waals surface area contributed by atoms with Gasteiger partial charge in [-0.05, 0) is 54.7 Å². The molecule has 3 rings (SSSR count). The van der Waals surface area contributed by atoms with Crippen LogP contribution in [-0.4, -0.2) is 7.11 Å². The third-order valence-corrected chi connectivity index (χ3v) is 3.87. The van der Waals surface area contributed by atoms with E-state index in [9.17, 15) is 8.78 Å². The zero-order chi connectivity index (χ0) is 14.8. The molecule has 1 unspecified atom stereocenters. The van der Waals surface area contributed by atoms with Crippen molar-refractivity contribution < 1.29 is 13.5 Å². The van der Waals surface area contributed by atoms with Crippen LogP contribution in [0.15, 0.2) is 36.4 Å². The predicted octanol–water partition coefficient (Wildman–Crippen LogP) is 4.46. The van der Waals surface area contributed by atoms with Gasteiger partial charge in [0, 0.05) is 11.8 Å². The van der Waals surface area contributed by atoms with Gasteiger partial charge in [-0.1, -0.05) is 6.07 Å². The highest BCUT2D eigenvalue weighted by Gasteiger charge is 2.20. The van der Waals surface area contributed by atoms with Gasteiger partial charge >= 0.3 is 0 Å². The van der Waals surface area contributed by atoms with E-state index < -0.39 is 11.6 Å². The van der Waals surface area contributed by atoms with E-state index >= 15 is 0 Å². The van der Waals surface area contributed by atoms with Gasteiger partial charge in [-0.15, -0.1) is 0 Å². The van der Waals surface area contributed by atoms with Crippen molar-refractivity contribution in [3.8, 4) is 5.75 Å². The van der Waals surface area contributed by atoms with Gasteiger partial charge in [0.2, 0.25) is 0 Å². The van der Waals surface area contributed by atoms with Gasteiger partial charge in [-0.25, -0.2) is 8.78 Å². The third-order valence-electron chi connectivity index (χ3n) is 3.87. The molecule has 110 valence electrons. The first kappa shape index (κ1) is 13.9. The van der Waals surface area contributed by atoms with E-state index in [4.69, 9.17) is 4.74 Å². The van der Waals surface area contributed by atoms with Crippen LogP contribution in [0.2, 0.25) is 0 Å². The van der Waals surface area contributed by atoms with Crippen molar-refractivity contribution in [1.29, 1.82) is 0 Å². The Bertz CT molecular complexity index is 637. The Kier molecular flexibility index (Phi) is 3.78. The lowest BCUT2D eigenvalue weighted by molar-refractivity contribution is 0.413. The maximum atomic E-state index is 13.3. The molecule has 0 spiro atoms. The molecule has 0 bridgehead atoms. The molecular weight excluding hydrogens is 272 g/mol. The molecule has 0 saturated carbocycles. The summed E-state index contributed by atoms with van der Waals surface area (Å²) in [7, 11) is 1.65. The summed E-state index contributed by atoms with van der Waals surface area (Å²) in [6.45, 7) is 0. The van der Waals surface area contributed by atoms with Crippen LogP contribution in [-0.2, 0) is 6.42 Å². The fraction of sp³-hybridized carbons (Fsp3) is 0.294. The van der Waals surface area contributed by atoms with E-state index in [1.165, 1.54) is 23.3 Å². The lowest BCUT2D eigenvalue weighted by atomic mass is 9.87. The van der Waals surface area contributed by atoms with Gasteiger partial charge in [0.25, 0.3) is 0 Å². The van der Waals surface area contributed by atoms with E-state index in [-0.39, 0.29) is 6.04 Å². The van der Waals surface area contributed by atoms with Crippen LogP contribution in [0, 0.1) is 11.6 Å². The number of fused-ring (bicyclic) bond motifs is 1. The largest absolute Gasteiger partial charge is 0.497 e. The van der Waals surface area contributed by atoms with Crippen LogP contribution in [0.4, 0.5) is 14.5 Å². The second kappa shape index (κ2) is 5.72. The monoisotopic (exact) mass is 289 g/mol. The Labute approximate surface area is 122 Å². The molecule has 2 aromatic rings. The average molecular weight is 289 g/mol. The number of benzene rings is 2. The number of anilines is 1. The van der Waals surface area contributed by atoms with Gasteiger partial charge in [-0.2, -0.15) is 0 Å². The van der Waals surface area contributed by atoms with E-state index in [0.717, 1.165) is 31.1 Å². The maximum Gasteiger partial charge on any atom is 0.128 e. The fourth-order valence-electron chi connectivity index (χ4n) is 2.91. The summed E-state index contributed by atoms with van der Waals surface area (Å²) in [4.78, 5) is 0. The molecular formula is C17H17F2NO. The molecule has 2 aromatic carbocycles. The molecule has 1 N–H and O–H groups in total. The SMILES string of the molecule is COc1ccc2c(c1)CCCC2Nc1cc(F)cc(F)c1. The number of rotatable bonds is 3. The highest BCUT2D eigenvalue weighted by atomic mass is 19.1. The maximum absolute atomic E-state index is 13.3. The standard InChI is InChI=1S/C17H17F2NO/c1-21-15-5-6-16-11(7-15)3-2-4-17(16)20-14-9-12(18)8-13(19)10-14/h5-10,17,20H,2-4H2,1H3. The highest BCUT2D eigenvalue weighted by Crippen LogP contribution is 2.34. The molecule has 2 nitrogen and oxygen atoms in total. The number of halogens is 2. The topological polar surface area (TPSA) is 21.3 Å². The normalized spacial score (nSPS) is 17.2. The zero-order valence-electron chi connectivity index (χ0n) is 11.8. The molecule has 4 heteroatoms. The van der Waals surface area contributed by atoms with Crippen LogP contribution in [0.25, 0.3) is 0 Å². The van der Waals surface area contributed by atoms with E-state index in [1.807, 2.05) is 18.2 Å². The minimum absolute atomic E-state index is 0.0702. The van der Waals surface area contributed by atoms with Crippen molar-refractivity contribution in [2.24, 2.45) is 0 Å². The quantitative estimate of drug-likeness (QED) is 0.900. The van der Waals surface area contributed by atoms with Gasteiger partial charge < -0.3 is 10.1 Å². The van der Waals surface area contributed by atoms with Crippen LogP contribution in [0.1, 0.15) is 30.0 Å². The number of methoxy groups -OCH3 is 1. The van der Waals surface area contributed by atoms with Crippen molar-refractivity contribution in [3.05, 3.63) is 59.2 Å². The van der Waals surface area contributed by atoms with Crippen LogP contribution in [0.5, 0.6) is 5.75 Å². The Balaban J connectivity index is 1.88. The predicted molar refractivity (Wildman–Crippen MR) is 78.7 cm³/mol. The molecule has 0 amide bonds.